The number of thiocarbonyl (C=S) groups is 1. The lowest BCUT2D eigenvalue weighted by molar-refractivity contribution is 0.359. The van der Waals surface area contributed by atoms with Gasteiger partial charge in [0.25, 0.3) is 0 Å². The molecular formula is C24H19ClN2O2S. The van der Waals surface area contributed by atoms with Gasteiger partial charge in [0.1, 0.15) is 22.7 Å². The lowest BCUT2D eigenvalue weighted by Gasteiger charge is -2.42. The number of methoxy groups -OCH3 is 1. The Morgan fingerprint density at radius 1 is 1.07 bits per heavy atom. The highest BCUT2D eigenvalue weighted by Gasteiger charge is 2.37. The molecule has 2 aliphatic heterocycles. The molecule has 0 fully saturated rings. The van der Waals surface area contributed by atoms with Gasteiger partial charge in [-0.25, -0.2) is 0 Å². The molecule has 0 unspecified atom stereocenters. The average Bonchev–Trinajstić information content (AvgIpc) is 2.79. The van der Waals surface area contributed by atoms with Gasteiger partial charge in [-0.15, -0.1) is 0 Å². The number of benzene rings is 3. The molecule has 1 N–H and O–H groups in total. The molecule has 4 nitrogen and oxygen atoms in total. The molecule has 0 bridgehead atoms. The molecule has 0 spiro atoms. The molecule has 2 heterocycles. The Bertz CT molecular complexity index is 1150. The van der Waals surface area contributed by atoms with E-state index in [1.165, 1.54) is 0 Å². The van der Waals surface area contributed by atoms with Crippen LogP contribution in [0.4, 0.5) is 5.69 Å². The van der Waals surface area contributed by atoms with Crippen LogP contribution in [-0.2, 0) is 6.42 Å². The number of fused-ring (bicyclic) bond motifs is 1. The van der Waals surface area contributed by atoms with Crippen LogP contribution >= 0.6 is 23.8 Å². The minimum atomic E-state index is -0.195. The first-order valence-corrected chi connectivity index (χ1v) is 10.4. The molecule has 0 saturated heterocycles. The van der Waals surface area contributed by atoms with Gasteiger partial charge in [-0.3, -0.25) is 4.90 Å². The normalized spacial score (nSPS) is 17.6. The fraction of sp³-hybridized carbons (Fsp3) is 0.125. The van der Waals surface area contributed by atoms with E-state index < -0.39 is 0 Å². The Balaban J connectivity index is 1.65. The van der Waals surface area contributed by atoms with Crippen molar-refractivity contribution < 1.29 is 9.47 Å². The average molecular weight is 435 g/mol. The van der Waals surface area contributed by atoms with Gasteiger partial charge in [0.05, 0.1) is 12.7 Å². The highest BCUT2D eigenvalue weighted by atomic mass is 35.5. The standard InChI is InChI=1S/C24H19ClN2O2S/c1-28-19-10-8-18(9-11-19)27-22(15-5-3-2-4-6-15)26-23(30)20-14-16-13-17(25)7-12-21(16)29-24(20)27/h2-13,22H,14H2,1H3,(H,26,30)/t22-/m0/s1. The Morgan fingerprint density at radius 3 is 2.57 bits per heavy atom. The third-order valence-corrected chi connectivity index (χ3v) is 5.94. The maximum atomic E-state index is 6.42. The SMILES string of the molecule is COc1ccc(N2C3=C(Cc4cc(Cl)ccc4O3)C(=S)N[C@@H]2c2ccccc2)cc1. The Kier molecular flexibility index (Phi) is 4.85. The van der Waals surface area contributed by atoms with E-state index in [0.717, 1.165) is 39.8 Å². The smallest absolute Gasteiger partial charge is 0.208 e. The van der Waals surface area contributed by atoms with Crippen molar-refractivity contribution in [2.24, 2.45) is 0 Å². The number of ether oxygens (including phenoxy) is 2. The molecule has 150 valence electrons. The summed E-state index contributed by atoms with van der Waals surface area (Å²) in [6.45, 7) is 0. The summed E-state index contributed by atoms with van der Waals surface area (Å²) in [6.07, 6.45) is 0.463. The van der Waals surface area contributed by atoms with Gasteiger partial charge in [-0.2, -0.15) is 0 Å². The monoisotopic (exact) mass is 434 g/mol. The molecule has 0 saturated carbocycles. The summed E-state index contributed by atoms with van der Waals surface area (Å²) in [6, 6.07) is 23.8. The van der Waals surface area contributed by atoms with Gasteiger partial charge < -0.3 is 14.8 Å². The number of nitrogens with zero attached hydrogens (tertiary/aromatic N) is 1. The van der Waals surface area contributed by atoms with Crippen molar-refractivity contribution in [3.8, 4) is 11.5 Å². The van der Waals surface area contributed by atoms with E-state index in [0.29, 0.717) is 16.4 Å². The summed E-state index contributed by atoms with van der Waals surface area (Å²) in [5.41, 5.74) is 4.04. The van der Waals surface area contributed by atoms with Gasteiger partial charge >= 0.3 is 0 Å². The van der Waals surface area contributed by atoms with Gasteiger partial charge in [0, 0.05) is 22.7 Å². The Morgan fingerprint density at radius 2 is 1.83 bits per heavy atom. The van der Waals surface area contributed by atoms with Gasteiger partial charge in [-0.05, 0) is 48.0 Å². The van der Waals surface area contributed by atoms with E-state index in [-0.39, 0.29) is 6.17 Å². The van der Waals surface area contributed by atoms with E-state index in [1.807, 2.05) is 60.7 Å². The Hall–Kier alpha value is -3.02. The van der Waals surface area contributed by atoms with Crippen LogP contribution in [0.1, 0.15) is 17.3 Å². The number of halogens is 1. The van der Waals surface area contributed by atoms with Crippen LogP contribution in [0.2, 0.25) is 5.02 Å². The minimum Gasteiger partial charge on any atom is -0.497 e. The number of rotatable bonds is 3. The minimum absolute atomic E-state index is 0.195. The van der Waals surface area contributed by atoms with Crippen LogP contribution in [-0.4, -0.2) is 12.1 Å². The molecule has 0 aromatic heterocycles. The molecule has 30 heavy (non-hydrogen) atoms. The highest BCUT2D eigenvalue weighted by Crippen LogP contribution is 2.41. The molecule has 0 radical (unpaired) electrons. The third-order valence-electron chi connectivity index (χ3n) is 5.34. The number of hydrogen-bond donors (Lipinski definition) is 1. The second-order valence-corrected chi connectivity index (χ2v) is 8.01. The van der Waals surface area contributed by atoms with E-state index in [2.05, 4.69) is 22.3 Å². The summed E-state index contributed by atoms with van der Waals surface area (Å²) in [5, 5.41) is 4.20. The first-order valence-electron chi connectivity index (χ1n) is 9.62. The van der Waals surface area contributed by atoms with E-state index >= 15 is 0 Å². The lowest BCUT2D eigenvalue weighted by Crippen LogP contribution is -2.49. The molecule has 3 aromatic carbocycles. The van der Waals surface area contributed by atoms with E-state index in [4.69, 9.17) is 33.3 Å². The highest BCUT2D eigenvalue weighted by molar-refractivity contribution is 7.80. The fourth-order valence-corrected chi connectivity index (χ4v) is 4.33. The van der Waals surface area contributed by atoms with Crippen LogP contribution in [0, 0.1) is 0 Å². The Labute approximate surface area is 185 Å². The van der Waals surface area contributed by atoms with Gasteiger partial charge in [-0.1, -0.05) is 54.2 Å². The summed E-state index contributed by atoms with van der Waals surface area (Å²) in [4.78, 5) is 2.84. The quantitative estimate of drug-likeness (QED) is 0.540. The van der Waals surface area contributed by atoms with Crippen molar-refractivity contribution >= 4 is 34.5 Å². The van der Waals surface area contributed by atoms with E-state index in [9.17, 15) is 0 Å². The predicted octanol–water partition coefficient (Wildman–Crippen LogP) is 5.63. The van der Waals surface area contributed by atoms with Crippen molar-refractivity contribution in [3.63, 3.8) is 0 Å². The molecule has 3 aromatic rings. The number of nitrogens with one attached hydrogen (secondary N) is 1. The summed E-state index contributed by atoms with van der Waals surface area (Å²) in [7, 11) is 1.66. The second kappa shape index (κ2) is 7.67. The summed E-state index contributed by atoms with van der Waals surface area (Å²) in [5.74, 6) is 2.34. The van der Waals surface area contributed by atoms with Gasteiger partial charge in [0.2, 0.25) is 5.88 Å². The van der Waals surface area contributed by atoms with Crippen molar-refractivity contribution in [2.45, 2.75) is 12.6 Å². The van der Waals surface area contributed by atoms with Crippen molar-refractivity contribution in [3.05, 3.63) is 100 Å². The maximum absolute atomic E-state index is 6.42. The second-order valence-electron chi connectivity index (χ2n) is 7.17. The predicted molar refractivity (Wildman–Crippen MR) is 123 cm³/mol. The topological polar surface area (TPSA) is 33.7 Å². The molecule has 1 atom stereocenters. The zero-order chi connectivity index (χ0) is 20.7. The molecule has 0 amide bonds. The molecule has 2 aliphatic rings. The van der Waals surface area contributed by atoms with Crippen LogP contribution in [0.3, 0.4) is 0 Å². The summed E-state index contributed by atoms with van der Waals surface area (Å²) < 4.78 is 11.8. The molecule has 5 rings (SSSR count). The van der Waals surface area contributed by atoms with E-state index in [1.54, 1.807) is 7.11 Å². The maximum Gasteiger partial charge on any atom is 0.208 e. The number of hydrogen-bond acceptors (Lipinski definition) is 4. The molecular weight excluding hydrogens is 416 g/mol. The fourth-order valence-electron chi connectivity index (χ4n) is 3.86. The first-order chi connectivity index (χ1) is 14.6. The van der Waals surface area contributed by atoms with Crippen LogP contribution < -0.4 is 19.7 Å². The third kappa shape index (κ3) is 3.30. The van der Waals surface area contributed by atoms with Crippen LogP contribution in [0.5, 0.6) is 11.5 Å². The largest absolute Gasteiger partial charge is 0.497 e. The van der Waals surface area contributed by atoms with Crippen LogP contribution in [0.25, 0.3) is 0 Å². The molecule has 0 aliphatic carbocycles. The van der Waals surface area contributed by atoms with Crippen molar-refractivity contribution in [1.29, 1.82) is 0 Å². The first kappa shape index (κ1) is 19.0. The van der Waals surface area contributed by atoms with Crippen LogP contribution in [0.15, 0.2) is 84.3 Å². The number of anilines is 1. The molecule has 6 heteroatoms. The summed E-state index contributed by atoms with van der Waals surface area (Å²) >= 11 is 12.0. The van der Waals surface area contributed by atoms with Crippen molar-refractivity contribution in [1.82, 2.24) is 5.32 Å². The van der Waals surface area contributed by atoms with Gasteiger partial charge in [0.15, 0.2) is 0 Å². The zero-order valence-corrected chi connectivity index (χ0v) is 17.8. The lowest BCUT2D eigenvalue weighted by atomic mass is 9.98. The zero-order valence-electron chi connectivity index (χ0n) is 16.3. The van der Waals surface area contributed by atoms with Crippen molar-refractivity contribution in [2.75, 3.05) is 12.0 Å².